The zero-order valence-electron chi connectivity index (χ0n) is 13.9. The van der Waals surface area contributed by atoms with E-state index in [9.17, 15) is 4.79 Å². The fourth-order valence-corrected chi connectivity index (χ4v) is 4.59. The van der Waals surface area contributed by atoms with Crippen molar-refractivity contribution in [2.24, 2.45) is 11.7 Å². The first-order valence-corrected chi connectivity index (χ1v) is 10.3. The smallest absolute Gasteiger partial charge is 0.256 e. The zero-order chi connectivity index (χ0) is 17.8. The van der Waals surface area contributed by atoms with Crippen molar-refractivity contribution in [2.45, 2.75) is 25.8 Å². The summed E-state index contributed by atoms with van der Waals surface area (Å²) in [5.41, 5.74) is 9.07. The Labute approximate surface area is 170 Å². The minimum Gasteiger partial charge on any atom is -0.339 e. The van der Waals surface area contributed by atoms with E-state index in [0.717, 1.165) is 36.1 Å². The predicted octanol–water partition coefficient (Wildman–Crippen LogP) is 4.00. The molecule has 1 amide bonds. The number of aromatic nitrogens is 1. The topological polar surface area (TPSA) is 59.2 Å². The zero-order valence-corrected chi connectivity index (χ0v) is 17.7. The number of halogens is 2. The molecule has 4 nitrogen and oxygen atoms in total. The molecule has 0 bridgehead atoms. The maximum absolute atomic E-state index is 12.7. The molecule has 1 aromatic carbocycles. The monoisotopic (exact) mass is 513 g/mol. The molecule has 1 aromatic heterocycles. The number of amides is 1. The second-order valence-corrected chi connectivity index (χ2v) is 8.24. The van der Waals surface area contributed by atoms with Gasteiger partial charge in [-0.15, -0.1) is 0 Å². The molecule has 1 aliphatic rings. The number of piperidine rings is 1. The summed E-state index contributed by atoms with van der Waals surface area (Å²) in [6.07, 6.45) is 3.10. The van der Waals surface area contributed by atoms with Crippen LogP contribution in [-0.4, -0.2) is 28.9 Å². The number of pyridine rings is 1. The quantitative estimate of drug-likeness (QED) is 0.496. The molecular formula is C19H21BrIN3O. The molecule has 25 heavy (non-hydrogen) atoms. The molecule has 0 atom stereocenters. The molecule has 6 heteroatoms. The fourth-order valence-electron chi connectivity index (χ4n) is 3.35. The van der Waals surface area contributed by atoms with E-state index < -0.39 is 0 Å². The number of nitrogens with two attached hydrogens (primary N) is 1. The van der Waals surface area contributed by atoms with Crippen LogP contribution in [0, 0.1) is 9.62 Å². The molecule has 2 aromatic rings. The van der Waals surface area contributed by atoms with Crippen molar-refractivity contribution in [1.82, 2.24) is 9.88 Å². The van der Waals surface area contributed by atoms with Crippen molar-refractivity contribution in [3.8, 4) is 0 Å². The summed E-state index contributed by atoms with van der Waals surface area (Å²) in [6, 6.07) is 12.1. The third-order valence-corrected chi connectivity index (χ3v) is 6.00. The molecule has 0 saturated carbocycles. The maximum Gasteiger partial charge on any atom is 0.256 e. The van der Waals surface area contributed by atoms with E-state index in [2.05, 4.69) is 61.7 Å². The highest BCUT2D eigenvalue weighted by atomic mass is 127. The summed E-state index contributed by atoms with van der Waals surface area (Å²) in [7, 11) is 0. The van der Waals surface area contributed by atoms with E-state index in [1.807, 2.05) is 23.1 Å². The normalized spacial score (nSPS) is 15.4. The van der Waals surface area contributed by atoms with Gasteiger partial charge in [0.25, 0.3) is 5.91 Å². The lowest BCUT2D eigenvalue weighted by atomic mass is 9.88. The summed E-state index contributed by atoms with van der Waals surface area (Å²) >= 11 is 5.55. The molecular weight excluding hydrogens is 493 g/mol. The second-order valence-electron chi connectivity index (χ2n) is 6.38. The van der Waals surface area contributed by atoms with Gasteiger partial charge in [0.2, 0.25) is 0 Å². The van der Waals surface area contributed by atoms with Crippen molar-refractivity contribution in [2.75, 3.05) is 13.1 Å². The van der Waals surface area contributed by atoms with Crippen LogP contribution in [0.4, 0.5) is 0 Å². The lowest BCUT2D eigenvalue weighted by molar-refractivity contribution is 0.0689. The average Bonchev–Trinajstić information content (AvgIpc) is 2.62. The van der Waals surface area contributed by atoms with Crippen molar-refractivity contribution >= 4 is 44.4 Å². The highest BCUT2D eigenvalue weighted by molar-refractivity contribution is 14.1. The minimum absolute atomic E-state index is 0.0663. The number of nitrogens with zero attached hydrogens (tertiary/aromatic N) is 2. The van der Waals surface area contributed by atoms with Gasteiger partial charge >= 0.3 is 0 Å². The third kappa shape index (κ3) is 4.60. The Balaban J connectivity index is 1.61. The van der Waals surface area contributed by atoms with Crippen LogP contribution in [0.3, 0.4) is 0 Å². The van der Waals surface area contributed by atoms with Gasteiger partial charge in [-0.05, 0) is 87.0 Å². The van der Waals surface area contributed by atoms with Crippen LogP contribution in [0.5, 0.6) is 0 Å². The molecule has 3 rings (SSSR count). The first-order chi connectivity index (χ1) is 12.1. The Morgan fingerprint density at radius 1 is 1.20 bits per heavy atom. The number of hydrogen-bond acceptors (Lipinski definition) is 3. The van der Waals surface area contributed by atoms with Gasteiger partial charge in [-0.1, -0.05) is 24.3 Å². The van der Waals surface area contributed by atoms with Crippen LogP contribution in [0.25, 0.3) is 0 Å². The van der Waals surface area contributed by atoms with Crippen molar-refractivity contribution in [3.05, 3.63) is 61.4 Å². The van der Waals surface area contributed by atoms with E-state index >= 15 is 0 Å². The fraction of sp³-hybridized carbons (Fsp3) is 0.368. The molecule has 0 spiro atoms. The van der Waals surface area contributed by atoms with Gasteiger partial charge in [0.1, 0.15) is 8.30 Å². The summed E-state index contributed by atoms with van der Waals surface area (Å²) in [4.78, 5) is 19.0. The predicted molar refractivity (Wildman–Crippen MR) is 111 cm³/mol. The van der Waals surface area contributed by atoms with E-state index in [4.69, 9.17) is 5.73 Å². The Bertz CT molecular complexity index is 760. The van der Waals surface area contributed by atoms with Gasteiger partial charge < -0.3 is 10.6 Å². The lowest BCUT2D eigenvalue weighted by Crippen LogP contribution is -2.39. The molecule has 2 N–H and O–H groups in total. The van der Waals surface area contributed by atoms with E-state index in [-0.39, 0.29) is 5.91 Å². The van der Waals surface area contributed by atoms with Crippen molar-refractivity contribution in [1.29, 1.82) is 0 Å². The second kappa shape index (κ2) is 8.60. The number of carbonyl (C=O) groups excluding carboxylic acids is 1. The first kappa shape index (κ1) is 18.8. The molecule has 1 fully saturated rings. The van der Waals surface area contributed by atoms with Gasteiger partial charge in [-0.3, -0.25) is 4.79 Å². The molecule has 1 saturated heterocycles. The van der Waals surface area contributed by atoms with Gasteiger partial charge in [0.05, 0.1) is 5.56 Å². The Morgan fingerprint density at radius 2 is 1.88 bits per heavy atom. The summed E-state index contributed by atoms with van der Waals surface area (Å²) in [5.74, 6) is 0.673. The molecule has 1 aliphatic heterocycles. The van der Waals surface area contributed by atoms with E-state index in [1.165, 1.54) is 11.1 Å². The van der Waals surface area contributed by atoms with Crippen molar-refractivity contribution < 1.29 is 4.79 Å². The van der Waals surface area contributed by atoms with Crippen LogP contribution < -0.4 is 5.73 Å². The largest absolute Gasteiger partial charge is 0.339 e. The molecule has 0 aliphatic carbocycles. The number of hydrogen-bond donors (Lipinski definition) is 1. The van der Waals surface area contributed by atoms with Crippen LogP contribution in [0.1, 0.15) is 34.3 Å². The van der Waals surface area contributed by atoms with Crippen LogP contribution >= 0.6 is 38.5 Å². The SMILES string of the molecule is NCc1ccccc1CC1CCN(C(=O)c2ccc(I)nc2Br)CC1. The highest BCUT2D eigenvalue weighted by Gasteiger charge is 2.25. The minimum atomic E-state index is 0.0663. The van der Waals surface area contributed by atoms with Gasteiger partial charge in [0.15, 0.2) is 0 Å². The maximum atomic E-state index is 12.7. The van der Waals surface area contributed by atoms with Gasteiger partial charge in [0, 0.05) is 19.6 Å². The highest BCUT2D eigenvalue weighted by Crippen LogP contribution is 2.25. The number of carbonyl (C=O) groups is 1. The molecule has 0 radical (unpaired) electrons. The van der Waals surface area contributed by atoms with Crippen LogP contribution in [0.15, 0.2) is 41.0 Å². The molecule has 0 unspecified atom stereocenters. The third-order valence-electron chi connectivity index (χ3n) is 4.79. The molecule has 132 valence electrons. The Hall–Kier alpha value is -0.990. The van der Waals surface area contributed by atoms with E-state index in [0.29, 0.717) is 22.6 Å². The first-order valence-electron chi connectivity index (χ1n) is 8.46. The number of benzene rings is 1. The van der Waals surface area contributed by atoms with Crippen molar-refractivity contribution in [3.63, 3.8) is 0 Å². The summed E-state index contributed by atoms with van der Waals surface area (Å²) in [6.45, 7) is 2.18. The Morgan fingerprint density at radius 3 is 2.52 bits per heavy atom. The van der Waals surface area contributed by atoms with Gasteiger partial charge in [-0.25, -0.2) is 4.98 Å². The Kier molecular flexibility index (Phi) is 6.46. The number of rotatable bonds is 4. The van der Waals surface area contributed by atoms with E-state index in [1.54, 1.807) is 0 Å². The standard InChI is InChI=1S/C19H21BrIN3O/c20-18-16(5-6-17(21)23-18)19(25)24-9-7-13(8-10-24)11-14-3-1-2-4-15(14)12-22/h1-6,13H,7-12,22H2. The van der Waals surface area contributed by atoms with Gasteiger partial charge in [-0.2, -0.15) is 0 Å². The molecule has 2 heterocycles. The summed E-state index contributed by atoms with van der Waals surface area (Å²) < 4.78 is 1.50. The summed E-state index contributed by atoms with van der Waals surface area (Å²) in [5, 5.41) is 0. The lowest BCUT2D eigenvalue weighted by Gasteiger charge is -2.32. The van der Waals surface area contributed by atoms with Crippen LogP contribution in [-0.2, 0) is 13.0 Å². The number of likely N-dealkylation sites (tertiary alicyclic amines) is 1. The van der Waals surface area contributed by atoms with Crippen LogP contribution in [0.2, 0.25) is 0 Å². The average molecular weight is 514 g/mol.